The number of rotatable bonds is 8. The Morgan fingerprint density at radius 2 is 1.22 bits per heavy atom. The van der Waals surface area contributed by atoms with Gasteiger partial charge >= 0.3 is 0 Å². The second kappa shape index (κ2) is 14.1. The van der Waals surface area contributed by atoms with E-state index in [1.165, 1.54) is 32.7 Å². The molecule has 0 bridgehead atoms. The van der Waals surface area contributed by atoms with Gasteiger partial charge in [-0.05, 0) is 95.7 Å². The zero-order valence-electron chi connectivity index (χ0n) is 30.5. The van der Waals surface area contributed by atoms with Gasteiger partial charge in [0, 0.05) is 44.3 Å². The first-order valence-electron chi connectivity index (χ1n) is 17.5. The van der Waals surface area contributed by atoms with Crippen molar-refractivity contribution in [3.05, 3.63) is 187 Å². The average Bonchev–Trinajstić information content (AvgIpc) is 3.40. The van der Waals surface area contributed by atoms with E-state index in [0.717, 1.165) is 34.1 Å². The van der Waals surface area contributed by atoms with Gasteiger partial charge in [-0.15, -0.1) is 5.73 Å². The highest BCUT2D eigenvalue weighted by atomic mass is 15.2. The molecule has 250 valence electrons. The summed E-state index contributed by atoms with van der Waals surface area (Å²) in [6.45, 7) is 19.9. The number of nitrogens with zero attached hydrogens (tertiary/aromatic N) is 2. The lowest BCUT2D eigenvalue weighted by molar-refractivity contribution is 0.590. The molecule has 5 aromatic carbocycles. The number of fused-ring (bicyclic) bond motifs is 2. The molecule has 5 aromatic rings. The van der Waals surface area contributed by atoms with E-state index in [1.54, 1.807) is 0 Å². The number of anilines is 4. The van der Waals surface area contributed by atoms with Crippen molar-refractivity contribution < 1.29 is 0 Å². The van der Waals surface area contributed by atoms with Gasteiger partial charge in [0.05, 0.1) is 11.4 Å². The largest absolute Gasteiger partial charge is 0.310 e. The molecule has 1 aliphatic carbocycles. The van der Waals surface area contributed by atoms with Gasteiger partial charge in [-0.25, -0.2) is 0 Å². The first-order valence-corrected chi connectivity index (χ1v) is 17.5. The molecule has 1 aliphatic rings. The monoisotopic (exact) mass is 652 g/mol. The topological polar surface area (TPSA) is 6.48 Å². The van der Waals surface area contributed by atoms with Gasteiger partial charge in [-0.1, -0.05) is 133 Å². The molecule has 0 heterocycles. The predicted octanol–water partition coefficient (Wildman–Crippen LogP) is 13.7. The van der Waals surface area contributed by atoms with E-state index in [1.807, 2.05) is 24.3 Å². The fourth-order valence-corrected chi connectivity index (χ4v) is 6.63. The summed E-state index contributed by atoms with van der Waals surface area (Å²) in [5.41, 5.74) is 12.4. The number of benzene rings is 5. The molecule has 0 aromatic heterocycles. The van der Waals surface area contributed by atoms with Crippen molar-refractivity contribution in [3.63, 3.8) is 0 Å². The molecule has 0 atom stereocenters. The number of hydrogen-bond donors (Lipinski definition) is 0. The third kappa shape index (κ3) is 6.81. The van der Waals surface area contributed by atoms with Gasteiger partial charge in [-0.3, -0.25) is 0 Å². The maximum Gasteiger partial charge on any atom is 0.0620 e. The molecular formula is C48H48N2. The Bertz CT molecular complexity index is 2220. The average molecular weight is 653 g/mol. The Kier molecular flexibility index (Phi) is 9.69. The van der Waals surface area contributed by atoms with Gasteiger partial charge in [-0.2, -0.15) is 0 Å². The molecule has 6 rings (SSSR count). The summed E-state index contributed by atoms with van der Waals surface area (Å²) >= 11 is 0. The minimum Gasteiger partial charge on any atom is -0.310 e. The molecule has 2 heteroatoms. The van der Waals surface area contributed by atoms with Crippen LogP contribution in [0.3, 0.4) is 0 Å². The Balaban J connectivity index is 1.88. The summed E-state index contributed by atoms with van der Waals surface area (Å²) in [6.07, 6.45) is 18.6. The molecule has 0 saturated carbocycles. The van der Waals surface area contributed by atoms with Crippen molar-refractivity contribution in [2.24, 2.45) is 0 Å². The molecule has 2 nitrogen and oxygen atoms in total. The van der Waals surface area contributed by atoms with Crippen molar-refractivity contribution in [2.75, 3.05) is 9.80 Å². The van der Waals surface area contributed by atoms with E-state index in [9.17, 15) is 0 Å². The van der Waals surface area contributed by atoms with Gasteiger partial charge in [0.15, 0.2) is 0 Å². The van der Waals surface area contributed by atoms with E-state index in [4.69, 9.17) is 0 Å². The maximum atomic E-state index is 4.00. The number of allylic oxidation sites excluding steroid dienone is 8. The van der Waals surface area contributed by atoms with Crippen LogP contribution in [0.25, 0.3) is 21.5 Å². The molecule has 0 saturated heterocycles. The standard InChI is InChI=1S/C48H48N2/c1-9-11-22-37(10-2)49(38-25-18-14-19-26-38)45-41-31-29-36(48(6,7)8)34-44(41)46(42-32-30-35(33-43(42)45)47(3,4)5)50(40-27-20-15-21-28-40)39-23-16-12-13-17-24-39/h9-12,14-34H,1H2,2-8H3. The van der Waals surface area contributed by atoms with Crippen LogP contribution in [0.15, 0.2) is 175 Å². The molecule has 0 radical (unpaired) electrons. The molecule has 0 amide bonds. The highest BCUT2D eigenvalue weighted by Gasteiger charge is 2.28. The Morgan fingerprint density at radius 1 is 0.660 bits per heavy atom. The maximum absolute atomic E-state index is 4.00. The van der Waals surface area contributed by atoms with Crippen LogP contribution in [0, 0.1) is 0 Å². The fraction of sp³-hybridized carbons (Fsp3) is 0.188. The first-order chi connectivity index (χ1) is 24.0. The molecule has 0 unspecified atom stereocenters. The van der Waals surface area contributed by atoms with Crippen LogP contribution in [-0.4, -0.2) is 0 Å². The predicted molar refractivity (Wildman–Crippen MR) is 219 cm³/mol. The third-order valence-electron chi connectivity index (χ3n) is 9.29. The Morgan fingerprint density at radius 3 is 1.78 bits per heavy atom. The quantitative estimate of drug-likeness (QED) is 0.0712. The van der Waals surface area contributed by atoms with Crippen LogP contribution in [-0.2, 0) is 10.8 Å². The summed E-state index contributed by atoms with van der Waals surface area (Å²) < 4.78 is 0. The SMILES string of the molecule is C=CC=CC(=CC)N(c1ccccc1)c1c2ccc(C(C)(C)C)cc2c(N(C2=CC=C=CC=C2)c2ccccc2)c2ccc(C(C)(C)C)cc12. The molecule has 0 aliphatic heterocycles. The lowest BCUT2D eigenvalue weighted by atomic mass is 9.82. The van der Waals surface area contributed by atoms with Crippen LogP contribution in [0.1, 0.15) is 59.6 Å². The van der Waals surface area contributed by atoms with E-state index in [0.29, 0.717) is 0 Å². The summed E-state index contributed by atoms with van der Waals surface area (Å²) in [5.74, 6) is 0. The highest BCUT2D eigenvalue weighted by molar-refractivity contribution is 6.22. The van der Waals surface area contributed by atoms with Gasteiger partial charge in [0.1, 0.15) is 0 Å². The van der Waals surface area contributed by atoms with E-state index < -0.39 is 0 Å². The van der Waals surface area contributed by atoms with E-state index in [-0.39, 0.29) is 10.8 Å². The summed E-state index contributed by atoms with van der Waals surface area (Å²) in [5, 5.41) is 4.72. The van der Waals surface area contributed by atoms with Gasteiger partial charge < -0.3 is 9.80 Å². The smallest absolute Gasteiger partial charge is 0.0620 e. The van der Waals surface area contributed by atoms with Crippen LogP contribution in [0.5, 0.6) is 0 Å². The van der Waals surface area contributed by atoms with Crippen LogP contribution in [0.4, 0.5) is 22.7 Å². The van der Waals surface area contributed by atoms with Crippen molar-refractivity contribution in [3.8, 4) is 0 Å². The van der Waals surface area contributed by atoms with Crippen LogP contribution < -0.4 is 9.80 Å². The molecule has 0 N–H and O–H groups in total. The van der Waals surface area contributed by atoms with E-state index in [2.05, 4.69) is 198 Å². The summed E-state index contributed by atoms with van der Waals surface area (Å²) in [7, 11) is 0. The molecule has 0 fully saturated rings. The minimum absolute atomic E-state index is 0.0529. The summed E-state index contributed by atoms with van der Waals surface area (Å²) in [4.78, 5) is 4.84. The number of hydrogen-bond acceptors (Lipinski definition) is 2. The first kappa shape index (κ1) is 34.3. The Labute approximate surface area is 299 Å². The van der Waals surface area contributed by atoms with E-state index >= 15 is 0 Å². The molecular weight excluding hydrogens is 605 g/mol. The lowest BCUT2D eigenvalue weighted by Crippen LogP contribution is -2.20. The van der Waals surface area contributed by atoms with Crippen molar-refractivity contribution in [1.29, 1.82) is 0 Å². The van der Waals surface area contributed by atoms with Gasteiger partial charge in [0.2, 0.25) is 0 Å². The zero-order chi connectivity index (χ0) is 35.5. The lowest BCUT2D eigenvalue weighted by Gasteiger charge is -2.34. The van der Waals surface area contributed by atoms with Crippen molar-refractivity contribution in [1.82, 2.24) is 0 Å². The Hall–Kier alpha value is -5.56. The number of para-hydroxylation sites is 2. The van der Waals surface area contributed by atoms with Crippen molar-refractivity contribution >= 4 is 44.3 Å². The zero-order valence-corrected chi connectivity index (χ0v) is 30.5. The molecule has 0 spiro atoms. The van der Waals surface area contributed by atoms with Crippen molar-refractivity contribution in [2.45, 2.75) is 59.3 Å². The fourth-order valence-electron chi connectivity index (χ4n) is 6.63. The second-order valence-electron chi connectivity index (χ2n) is 14.8. The van der Waals surface area contributed by atoms with Crippen LogP contribution in [0.2, 0.25) is 0 Å². The normalized spacial score (nSPS) is 13.6. The second-order valence-corrected chi connectivity index (χ2v) is 14.8. The summed E-state index contributed by atoms with van der Waals surface area (Å²) in [6, 6.07) is 35.6. The van der Waals surface area contributed by atoms with Crippen LogP contribution >= 0.6 is 0 Å². The third-order valence-corrected chi connectivity index (χ3v) is 9.29. The molecule has 50 heavy (non-hydrogen) atoms. The highest BCUT2D eigenvalue weighted by Crippen LogP contribution is 2.51. The van der Waals surface area contributed by atoms with Gasteiger partial charge in [0.25, 0.3) is 0 Å². The minimum atomic E-state index is -0.0530.